The van der Waals surface area contributed by atoms with Crippen LogP contribution in [0.25, 0.3) is 10.2 Å². The van der Waals surface area contributed by atoms with Gasteiger partial charge in [0.05, 0.1) is 16.1 Å². The van der Waals surface area contributed by atoms with Crippen molar-refractivity contribution >= 4 is 44.2 Å². The van der Waals surface area contributed by atoms with Gasteiger partial charge >= 0.3 is 0 Å². The van der Waals surface area contributed by atoms with Crippen LogP contribution in [0.4, 0.5) is 5.13 Å². The number of primary amides is 1. The molecule has 1 aliphatic rings. The number of aromatic nitrogens is 1. The molecule has 0 radical (unpaired) electrons. The number of hydrogen-bond acceptors (Lipinski definition) is 4. The van der Waals surface area contributed by atoms with E-state index in [-0.39, 0.29) is 11.8 Å². The molecule has 2 N–H and O–H groups in total. The molecule has 0 aliphatic carbocycles. The van der Waals surface area contributed by atoms with Gasteiger partial charge in [0.25, 0.3) is 0 Å². The van der Waals surface area contributed by atoms with Crippen molar-refractivity contribution < 1.29 is 4.79 Å². The quantitative estimate of drug-likeness (QED) is 0.926. The Morgan fingerprint density at radius 3 is 3.16 bits per heavy atom. The zero-order valence-corrected chi connectivity index (χ0v) is 11.9. The van der Waals surface area contributed by atoms with Crippen molar-refractivity contribution in [3.05, 3.63) is 23.2 Å². The second-order valence-corrected chi connectivity index (χ2v) is 6.24. The van der Waals surface area contributed by atoms with Crippen molar-refractivity contribution in [3.8, 4) is 0 Å². The molecule has 100 valence electrons. The fourth-order valence-corrected chi connectivity index (χ4v) is 3.68. The molecule has 3 rings (SSSR count). The van der Waals surface area contributed by atoms with E-state index in [1.54, 1.807) is 11.3 Å². The summed E-state index contributed by atoms with van der Waals surface area (Å²) >= 11 is 7.59. The van der Waals surface area contributed by atoms with E-state index in [1.165, 1.54) is 0 Å². The molecule has 1 aromatic heterocycles. The summed E-state index contributed by atoms with van der Waals surface area (Å²) < 4.78 is 1.07. The molecular weight excluding hydrogens is 282 g/mol. The van der Waals surface area contributed by atoms with E-state index in [0.717, 1.165) is 39.8 Å². The number of carbonyl (C=O) groups is 1. The van der Waals surface area contributed by atoms with Crippen LogP contribution in [0.1, 0.15) is 12.8 Å². The molecule has 19 heavy (non-hydrogen) atoms. The lowest BCUT2D eigenvalue weighted by Gasteiger charge is -2.30. The summed E-state index contributed by atoms with van der Waals surface area (Å²) in [6.45, 7) is 1.60. The van der Waals surface area contributed by atoms with Crippen molar-refractivity contribution in [2.45, 2.75) is 12.8 Å². The number of benzene rings is 1. The lowest BCUT2D eigenvalue weighted by molar-refractivity contribution is -0.122. The third kappa shape index (κ3) is 2.53. The van der Waals surface area contributed by atoms with E-state index in [1.807, 2.05) is 18.2 Å². The Bertz CT molecular complexity index is 627. The molecule has 1 atom stereocenters. The number of piperidine rings is 1. The van der Waals surface area contributed by atoms with Gasteiger partial charge in [-0.15, -0.1) is 0 Å². The van der Waals surface area contributed by atoms with Crippen LogP contribution in [0.15, 0.2) is 18.2 Å². The average molecular weight is 296 g/mol. The first kappa shape index (κ1) is 12.7. The van der Waals surface area contributed by atoms with Gasteiger partial charge in [-0.25, -0.2) is 4.98 Å². The molecule has 1 amide bonds. The highest BCUT2D eigenvalue weighted by Crippen LogP contribution is 2.32. The number of fused-ring (bicyclic) bond motifs is 1. The molecule has 1 aromatic carbocycles. The number of halogens is 1. The second-order valence-electron chi connectivity index (χ2n) is 4.80. The van der Waals surface area contributed by atoms with Gasteiger partial charge in [0.2, 0.25) is 5.91 Å². The highest BCUT2D eigenvalue weighted by atomic mass is 35.5. The summed E-state index contributed by atoms with van der Waals surface area (Å²) in [5.74, 6) is -0.279. The first-order valence-corrected chi connectivity index (χ1v) is 7.43. The van der Waals surface area contributed by atoms with E-state index < -0.39 is 0 Å². The Labute approximate surface area is 120 Å². The topological polar surface area (TPSA) is 59.2 Å². The third-order valence-electron chi connectivity index (χ3n) is 3.43. The van der Waals surface area contributed by atoms with Crippen LogP contribution in [0.2, 0.25) is 5.02 Å². The monoisotopic (exact) mass is 295 g/mol. The smallest absolute Gasteiger partial charge is 0.222 e. The normalized spacial score (nSPS) is 19.8. The summed E-state index contributed by atoms with van der Waals surface area (Å²) in [5, 5.41) is 1.67. The number of nitrogens with two attached hydrogens (primary N) is 1. The minimum absolute atomic E-state index is 0.0654. The van der Waals surface area contributed by atoms with Gasteiger partial charge in [-0.05, 0) is 31.0 Å². The van der Waals surface area contributed by atoms with E-state index in [0.29, 0.717) is 6.54 Å². The Hall–Kier alpha value is -1.33. The summed E-state index contributed by atoms with van der Waals surface area (Å²) in [7, 11) is 0. The molecule has 2 aromatic rings. The molecule has 2 heterocycles. The molecule has 1 saturated heterocycles. The first-order chi connectivity index (χ1) is 9.13. The summed E-state index contributed by atoms with van der Waals surface area (Å²) in [6.07, 6.45) is 1.85. The zero-order chi connectivity index (χ0) is 13.4. The molecule has 1 fully saturated rings. The Morgan fingerprint density at radius 1 is 1.53 bits per heavy atom. The van der Waals surface area contributed by atoms with E-state index >= 15 is 0 Å². The maximum atomic E-state index is 11.3. The highest BCUT2D eigenvalue weighted by molar-refractivity contribution is 7.22. The number of thiazole rings is 1. The molecule has 1 aliphatic heterocycles. The predicted molar refractivity (Wildman–Crippen MR) is 78.8 cm³/mol. The number of nitrogens with zero attached hydrogens (tertiary/aromatic N) is 2. The summed E-state index contributed by atoms with van der Waals surface area (Å²) in [6, 6.07) is 5.69. The molecule has 0 saturated carbocycles. The van der Waals surface area contributed by atoms with Crippen molar-refractivity contribution in [1.82, 2.24) is 4.98 Å². The maximum absolute atomic E-state index is 11.3. The maximum Gasteiger partial charge on any atom is 0.222 e. The zero-order valence-electron chi connectivity index (χ0n) is 10.3. The predicted octanol–water partition coefficient (Wildman–Crippen LogP) is 2.65. The van der Waals surface area contributed by atoms with E-state index in [4.69, 9.17) is 17.3 Å². The van der Waals surface area contributed by atoms with Crippen LogP contribution < -0.4 is 10.6 Å². The van der Waals surface area contributed by atoms with Gasteiger partial charge < -0.3 is 10.6 Å². The van der Waals surface area contributed by atoms with Crippen LogP contribution in [0.3, 0.4) is 0 Å². The SMILES string of the molecule is NC(=O)C1CCCN(c2nc3ccc(Cl)cc3s2)C1. The summed E-state index contributed by atoms with van der Waals surface area (Å²) in [5.41, 5.74) is 6.35. The molecule has 1 unspecified atom stereocenters. The van der Waals surface area contributed by atoms with Crippen molar-refractivity contribution in [2.75, 3.05) is 18.0 Å². The minimum Gasteiger partial charge on any atom is -0.369 e. The van der Waals surface area contributed by atoms with Crippen molar-refractivity contribution in [3.63, 3.8) is 0 Å². The largest absolute Gasteiger partial charge is 0.369 e. The second kappa shape index (κ2) is 4.98. The molecule has 6 heteroatoms. The highest BCUT2D eigenvalue weighted by Gasteiger charge is 2.25. The standard InChI is InChI=1S/C13H14ClN3OS/c14-9-3-4-10-11(6-9)19-13(16-10)17-5-1-2-8(7-17)12(15)18/h3-4,6,8H,1-2,5,7H2,(H2,15,18). The van der Waals surface area contributed by atoms with Crippen LogP contribution in [-0.2, 0) is 4.79 Å². The number of anilines is 1. The molecule has 0 bridgehead atoms. The van der Waals surface area contributed by atoms with E-state index in [2.05, 4.69) is 9.88 Å². The Kier molecular flexibility index (Phi) is 3.33. The van der Waals surface area contributed by atoms with Gasteiger partial charge in [-0.1, -0.05) is 22.9 Å². The van der Waals surface area contributed by atoms with Gasteiger partial charge in [0.15, 0.2) is 5.13 Å². The van der Waals surface area contributed by atoms with E-state index in [9.17, 15) is 4.79 Å². The van der Waals surface area contributed by atoms with Crippen LogP contribution >= 0.6 is 22.9 Å². The Morgan fingerprint density at radius 2 is 2.37 bits per heavy atom. The third-order valence-corrected chi connectivity index (χ3v) is 4.75. The number of carbonyl (C=O) groups excluding carboxylic acids is 1. The summed E-state index contributed by atoms with van der Waals surface area (Å²) in [4.78, 5) is 18.1. The lowest BCUT2D eigenvalue weighted by atomic mass is 9.98. The number of amides is 1. The fourth-order valence-electron chi connectivity index (χ4n) is 2.40. The first-order valence-electron chi connectivity index (χ1n) is 6.24. The molecule has 4 nitrogen and oxygen atoms in total. The molecule has 0 spiro atoms. The van der Waals surface area contributed by atoms with Gasteiger partial charge in [0, 0.05) is 18.1 Å². The van der Waals surface area contributed by atoms with Crippen molar-refractivity contribution in [1.29, 1.82) is 0 Å². The van der Waals surface area contributed by atoms with Gasteiger partial charge in [0.1, 0.15) is 0 Å². The average Bonchev–Trinajstić information content (AvgIpc) is 2.81. The lowest BCUT2D eigenvalue weighted by Crippen LogP contribution is -2.41. The van der Waals surface area contributed by atoms with Crippen LogP contribution in [0.5, 0.6) is 0 Å². The van der Waals surface area contributed by atoms with Crippen molar-refractivity contribution in [2.24, 2.45) is 11.7 Å². The van der Waals surface area contributed by atoms with Crippen LogP contribution in [-0.4, -0.2) is 24.0 Å². The fraction of sp³-hybridized carbons (Fsp3) is 0.385. The minimum atomic E-state index is -0.214. The number of hydrogen-bond donors (Lipinski definition) is 1. The van der Waals surface area contributed by atoms with Gasteiger partial charge in [-0.2, -0.15) is 0 Å². The Balaban J connectivity index is 1.89. The number of rotatable bonds is 2. The van der Waals surface area contributed by atoms with Gasteiger partial charge in [-0.3, -0.25) is 4.79 Å². The van der Waals surface area contributed by atoms with Crippen LogP contribution in [0, 0.1) is 5.92 Å². The molecular formula is C13H14ClN3OS.